The van der Waals surface area contributed by atoms with E-state index in [1.165, 1.54) is 0 Å². The highest BCUT2D eigenvalue weighted by molar-refractivity contribution is 6.31. The van der Waals surface area contributed by atoms with Gasteiger partial charge in [0, 0.05) is 29.4 Å². The normalized spacial score (nSPS) is 17.2. The number of aliphatic hydroxyl groups is 1. The molecular weight excluding hydrogens is 280 g/mol. The smallest absolute Gasteiger partial charge is 0.412 e. The zero-order valence-electron chi connectivity index (χ0n) is 11.8. The first-order valence-electron chi connectivity index (χ1n) is 6.43. The van der Waals surface area contributed by atoms with Crippen LogP contribution in [0.3, 0.4) is 0 Å². The molecule has 0 unspecified atom stereocenters. The Morgan fingerprint density at radius 1 is 1.45 bits per heavy atom. The molecule has 5 nitrogen and oxygen atoms in total. The van der Waals surface area contributed by atoms with Crippen LogP contribution in [0.5, 0.6) is 0 Å². The average molecular weight is 299 g/mol. The first-order chi connectivity index (χ1) is 9.20. The van der Waals surface area contributed by atoms with Crippen molar-refractivity contribution in [3.05, 3.63) is 28.8 Å². The number of ether oxygens (including phenoxy) is 1. The molecule has 0 aliphatic carbocycles. The van der Waals surface area contributed by atoms with Gasteiger partial charge in [0.05, 0.1) is 0 Å². The topological polar surface area (TPSA) is 70.6 Å². The fourth-order valence-corrected chi connectivity index (χ4v) is 2.30. The van der Waals surface area contributed by atoms with E-state index in [0.717, 1.165) is 0 Å². The van der Waals surface area contributed by atoms with Crippen LogP contribution in [-0.2, 0) is 10.3 Å². The van der Waals surface area contributed by atoms with Crippen molar-refractivity contribution in [2.75, 3.05) is 18.4 Å². The van der Waals surface area contributed by atoms with Crippen molar-refractivity contribution in [2.24, 2.45) is 0 Å². The molecule has 1 fully saturated rings. The van der Waals surface area contributed by atoms with Crippen LogP contribution in [0.15, 0.2) is 18.2 Å². The molecule has 0 radical (unpaired) electrons. The molecule has 1 saturated heterocycles. The second-order valence-corrected chi connectivity index (χ2v) is 6.36. The zero-order valence-corrected chi connectivity index (χ0v) is 12.5. The number of amides is 1. The third-order valence-electron chi connectivity index (χ3n) is 2.95. The summed E-state index contributed by atoms with van der Waals surface area (Å²) in [5.74, 6) is 0. The third kappa shape index (κ3) is 3.42. The van der Waals surface area contributed by atoms with Crippen molar-refractivity contribution in [2.45, 2.75) is 32.0 Å². The number of nitrogens with one attached hydrogen (secondary N) is 2. The summed E-state index contributed by atoms with van der Waals surface area (Å²) < 4.78 is 5.16. The molecule has 110 valence electrons. The number of hydrogen-bond donors (Lipinski definition) is 3. The molecule has 6 heteroatoms. The largest absolute Gasteiger partial charge is 0.444 e. The third-order valence-corrected chi connectivity index (χ3v) is 3.26. The van der Waals surface area contributed by atoms with Gasteiger partial charge in [0.2, 0.25) is 0 Å². The molecule has 0 aromatic heterocycles. The number of carbonyl (C=O) groups excluding carboxylic acids is 1. The lowest BCUT2D eigenvalue weighted by molar-refractivity contribution is -0.0145. The standard InChI is InChI=1S/C14H19ClN2O3/c1-13(2,3)20-12(18)17-9-4-5-10(11(15)6-9)14(19)7-16-8-14/h4-6,16,19H,7-8H2,1-3H3,(H,17,18). The molecule has 1 aromatic rings. The Kier molecular flexibility index (Phi) is 3.95. The van der Waals surface area contributed by atoms with Gasteiger partial charge in [-0.25, -0.2) is 4.79 Å². The van der Waals surface area contributed by atoms with Gasteiger partial charge in [-0.2, -0.15) is 0 Å². The van der Waals surface area contributed by atoms with E-state index in [2.05, 4.69) is 10.6 Å². The van der Waals surface area contributed by atoms with Gasteiger partial charge in [0.25, 0.3) is 0 Å². The fraction of sp³-hybridized carbons (Fsp3) is 0.500. The summed E-state index contributed by atoms with van der Waals surface area (Å²) in [6, 6.07) is 5.02. The molecule has 1 heterocycles. The Hall–Kier alpha value is -1.30. The van der Waals surface area contributed by atoms with Gasteiger partial charge in [-0.1, -0.05) is 17.7 Å². The fourth-order valence-electron chi connectivity index (χ4n) is 1.94. The van der Waals surface area contributed by atoms with E-state index in [0.29, 0.717) is 29.4 Å². The second kappa shape index (κ2) is 5.24. The molecule has 1 amide bonds. The number of carbonyl (C=O) groups is 1. The van der Waals surface area contributed by atoms with Crippen molar-refractivity contribution in [3.8, 4) is 0 Å². The van der Waals surface area contributed by atoms with Crippen molar-refractivity contribution < 1.29 is 14.6 Å². The maximum absolute atomic E-state index is 11.7. The Labute approximate surface area is 123 Å². The van der Waals surface area contributed by atoms with Crippen LogP contribution in [0.1, 0.15) is 26.3 Å². The van der Waals surface area contributed by atoms with E-state index < -0.39 is 17.3 Å². The number of rotatable bonds is 2. The van der Waals surface area contributed by atoms with Crippen molar-refractivity contribution in [1.29, 1.82) is 0 Å². The van der Waals surface area contributed by atoms with Crippen LogP contribution in [0.2, 0.25) is 5.02 Å². The highest BCUT2D eigenvalue weighted by Crippen LogP contribution is 2.33. The van der Waals surface area contributed by atoms with E-state index in [9.17, 15) is 9.90 Å². The van der Waals surface area contributed by atoms with Gasteiger partial charge in [-0.05, 0) is 32.9 Å². The molecule has 1 aromatic carbocycles. The van der Waals surface area contributed by atoms with Crippen molar-refractivity contribution in [3.63, 3.8) is 0 Å². The zero-order chi connectivity index (χ0) is 15.0. The summed E-state index contributed by atoms with van der Waals surface area (Å²) in [6.07, 6.45) is -0.537. The van der Waals surface area contributed by atoms with Crippen LogP contribution in [0.25, 0.3) is 0 Å². The van der Waals surface area contributed by atoms with E-state index in [1.54, 1.807) is 39.0 Å². The Balaban J connectivity index is 2.08. The molecule has 3 N–H and O–H groups in total. The molecule has 0 atom stereocenters. The summed E-state index contributed by atoms with van der Waals surface area (Å²) in [7, 11) is 0. The van der Waals surface area contributed by atoms with Gasteiger partial charge < -0.3 is 15.2 Å². The van der Waals surface area contributed by atoms with Gasteiger partial charge in [0.1, 0.15) is 11.2 Å². The molecule has 1 aliphatic rings. The van der Waals surface area contributed by atoms with Crippen LogP contribution in [-0.4, -0.2) is 29.9 Å². The van der Waals surface area contributed by atoms with E-state index in [4.69, 9.17) is 16.3 Å². The molecule has 2 rings (SSSR count). The number of hydrogen-bond acceptors (Lipinski definition) is 4. The van der Waals surface area contributed by atoms with E-state index in [-0.39, 0.29) is 0 Å². The Morgan fingerprint density at radius 2 is 2.10 bits per heavy atom. The van der Waals surface area contributed by atoms with Crippen LogP contribution in [0, 0.1) is 0 Å². The van der Waals surface area contributed by atoms with Crippen LogP contribution in [0.4, 0.5) is 10.5 Å². The lowest BCUT2D eigenvalue weighted by Crippen LogP contribution is -2.56. The summed E-state index contributed by atoms with van der Waals surface area (Å²) in [6.45, 7) is 6.34. The second-order valence-electron chi connectivity index (χ2n) is 5.96. The summed E-state index contributed by atoms with van der Waals surface area (Å²) in [5, 5.41) is 16.3. The predicted molar refractivity (Wildman–Crippen MR) is 78.1 cm³/mol. The lowest BCUT2D eigenvalue weighted by atomic mass is 9.88. The SMILES string of the molecule is CC(C)(C)OC(=O)Nc1ccc(C2(O)CNC2)c(Cl)c1. The molecular formula is C14H19ClN2O3. The van der Waals surface area contributed by atoms with E-state index >= 15 is 0 Å². The average Bonchev–Trinajstić information content (AvgIpc) is 2.23. The highest BCUT2D eigenvalue weighted by Gasteiger charge is 2.37. The first-order valence-corrected chi connectivity index (χ1v) is 6.81. The van der Waals surface area contributed by atoms with Crippen molar-refractivity contribution in [1.82, 2.24) is 5.32 Å². The number of anilines is 1. The van der Waals surface area contributed by atoms with Gasteiger partial charge in [-0.3, -0.25) is 5.32 Å². The molecule has 0 bridgehead atoms. The summed E-state index contributed by atoms with van der Waals surface area (Å²) in [4.78, 5) is 11.7. The van der Waals surface area contributed by atoms with Crippen LogP contribution >= 0.6 is 11.6 Å². The lowest BCUT2D eigenvalue weighted by Gasteiger charge is -2.38. The van der Waals surface area contributed by atoms with Crippen LogP contribution < -0.4 is 10.6 Å². The molecule has 1 aliphatic heterocycles. The first kappa shape index (κ1) is 15.1. The minimum absolute atomic E-state index is 0.419. The molecule has 0 spiro atoms. The Bertz CT molecular complexity index is 522. The number of halogens is 1. The maximum atomic E-state index is 11.7. The Morgan fingerprint density at radius 3 is 2.55 bits per heavy atom. The summed E-state index contributed by atoms with van der Waals surface area (Å²) in [5.41, 5.74) is -0.279. The molecule has 20 heavy (non-hydrogen) atoms. The summed E-state index contributed by atoms with van der Waals surface area (Å²) >= 11 is 6.16. The monoisotopic (exact) mass is 298 g/mol. The van der Waals surface area contributed by atoms with Gasteiger partial charge in [-0.15, -0.1) is 0 Å². The maximum Gasteiger partial charge on any atom is 0.412 e. The quantitative estimate of drug-likeness (QED) is 0.784. The van der Waals surface area contributed by atoms with Gasteiger partial charge in [0.15, 0.2) is 0 Å². The number of benzene rings is 1. The minimum Gasteiger partial charge on any atom is -0.444 e. The highest BCUT2D eigenvalue weighted by atomic mass is 35.5. The minimum atomic E-state index is -0.915. The number of β-amino-alcohol motifs (C(OH)–C–C–N with tert-alkyl or cyclic N) is 1. The van der Waals surface area contributed by atoms with E-state index in [1.807, 2.05) is 0 Å². The van der Waals surface area contributed by atoms with Crippen molar-refractivity contribution >= 4 is 23.4 Å². The predicted octanol–water partition coefficient (Wildman–Crippen LogP) is 2.48. The molecule has 0 saturated carbocycles. The van der Waals surface area contributed by atoms with Gasteiger partial charge >= 0.3 is 6.09 Å².